The SMILES string of the molecule is F[B-](F)(F)C1CC2(CC2)C1.[K+]. The summed E-state index contributed by atoms with van der Waals surface area (Å²) in [5, 5.41) is 0. The Labute approximate surface area is 107 Å². The molecule has 2 saturated carbocycles. The number of hydrogen-bond donors (Lipinski definition) is 0. The molecule has 5 heteroatoms. The van der Waals surface area contributed by atoms with Crippen LogP contribution < -0.4 is 51.4 Å². The molecule has 0 nitrogen and oxygen atoms in total. The van der Waals surface area contributed by atoms with Gasteiger partial charge in [-0.2, -0.15) is 0 Å². The molecular weight excluding hydrogens is 179 g/mol. The first-order valence-electron chi connectivity index (χ1n) is 3.72. The van der Waals surface area contributed by atoms with Gasteiger partial charge in [0.25, 0.3) is 0 Å². The van der Waals surface area contributed by atoms with Gasteiger partial charge in [0.2, 0.25) is 0 Å². The maximum atomic E-state index is 11.9. The molecular formula is C6H9BF3K. The summed E-state index contributed by atoms with van der Waals surface area (Å²) in [5.74, 6) is -0.900. The Morgan fingerprint density at radius 3 is 1.82 bits per heavy atom. The Morgan fingerprint density at radius 2 is 1.55 bits per heavy atom. The normalized spacial score (nSPS) is 27.5. The van der Waals surface area contributed by atoms with E-state index in [1.807, 2.05) is 0 Å². The van der Waals surface area contributed by atoms with Gasteiger partial charge in [-0.25, -0.2) is 0 Å². The first kappa shape index (κ1) is 10.6. The summed E-state index contributed by atoms with van der Waals surface area (Å²) in [6, 6.07) is 0. The molecule has 0 amide bonds. The van der Waals surface area contributed by atoms with Gasteiger partial charge in [0.1, 0.15) is 0 Å². The van der Waals surface area contributed by atoms with Crippen LogP contribution in [0, 0.1) is 5.41 Å². The number of hydrogen-bond acceptors (Lipinski definition) is 0. The average molecular weight is 188 g/mol. The molecule has 0 unspecified atom stereocenters. The topological polar surface area (TPSA) is 0 Å². The van der Waals surface area contributed by atoms with Crippen molar-refractivity contribution in [3.63, 3.8) is 0 Å². The maximum Gasteiger partial charge on any atom is 1.00 e. The van der Waals surface area contributed by atoms with Gasteiger partial charge in [-0.15, -0.1) is 0 Å². The molecule has 2 aliphatic rings. The fraction of sp³-hybridized carbons (Fsp3) is 1.00. The Balaban J connectivity index is 0.000000605. The van der Waals surface area contributed by atoms with Crippen LogP contribution in [0.2, 0.25) is 5.82 Å². The predicted octanol–water partition coefficient (Wildman–Crippen LogP) is -0.218. The summed E-state index contributed by atoms with van der Waals surface area (Å²) < 4.78 is 35.8. The van der Waals surface area contributed by atoms with E-state index in [0.717, 1.165) is 12.8 Å². The molecule has 0 N–H and O–H groups in total. The molecule has 58 valence electrons. The zero-order chi connectivity index (χ0) is 7.41. The van der Waals surface area contributed by atoms with E-state index in [1.165, 1.54) is 0 Å². The van der Waals surface area contributed by atoms with Crippen molar-refractivity contribution in [2.75, 3.05) is 0 Å². The minimum absolute atomic E-state index is 0. The van der Waals surface area contributed by atoms with Gasteiger partial charge in [0, 0.05) is 0 Å². The molecule has 2 rings (SSSR count). The van der Waals surface area contributed by atoms with E-state index in [4.69, 9.17) is 0 Å². The maximum absolute atomic E-state index is 11.9. The van der Waals surface area contributed by atoms with Gasteiger partial charge < -0.3 is 12.9 Å². The first-order chi connectivity index (χ1) is 4.52. The second-order valence-electron chi connectivity index (χ2n) is 3.79. The molecule has 0 aromatic carbocycles. The predicted molar refractivity (Wildman–Crippen MR) is 33.7 cm³/mol. The van der Waals surface area contributed by atoms with E-state index < -0.39 is 12.8 Å². The van der Waals surface area contributed by atoms with Crippen LogP contribution in [0.3, 0.4) is 0 Å². The fourth-order valence-electron chi connectivity index (χ4n) is 1.90. The molecule has 0 saturated heterocycles. The second kappa shape index (κ2) is 3.01. The van der Waals surface area contributed by atoms with Crippen molar-refractivity contribution < 1.29 is 64.3 Å². The molecule has 11 heavy (non-hydrogen) atoms. The minimum atomic E-state index is -4.50. The van der Waals surface area contributed by atoms with E-state index >= 15 is 0 Å². The molecule has 0 bridgehead atoms. The van der Waals surface area contributed by atoms with Crippen LogP contribution in [0.15, 0.2) is 0 Å². The van der Waals surface area contributed by atoms with Gasteiger partial charge in [0.05, 0.1) is 0 Å². The quantitative estimate of drug-likeness (QED) is 0.499. The van der Waals surface area contributed by atoms with Crippen molar-refractivity contribution in [1.82, 2.24) is 0 Å². The number of rotatable bonds is 1. The van der Waals surface area contributed by atoms with Crippen LogP contribution in [-0.4, -0.2) is 6.98 Å². The Kier molecular flexibility index (Phi) is 2.89. The second-order valence-corrected chi connectivity index (χ2v) is 3.79. The van der Waals surface area contributed by atoms with Crippen molar-refractivity contribution in [3.8, 4) is 0 Å². The zero-order valence-corrected chi connectivity index (χ0v) is 9.74. The van der Waals surface area contributed by atoms with Crippen molar-refractivity contribution in [1.29, 1.82) is 0 Å². The fourth-order valence-corrected chi connectivity index (χ4v) is 1.90. The van der Waals surface area contributed by atoms with E-state index in [1.54, 1.807) is 0 Å². The summed E-state index contributed by atoms with van der Waals surface area (Å²) in [6.45, 7) is -4.50. The summed E-state index contributed by atoms with van der Waals surface area (Å²) in [4.78, 5) is 0. The molecule has 0 atom stereocenters. The Hall–Kier alpha value is 1.49. The summed E-state index contributed by atoms with van der Waals surface area (Å²) in [7, 11) is 0. The molecule has 1 spiro atoms. The largest absolute Gasteiger partial charge is 1.00 e. The van der Waals surface area contributed by atoms with E-state index in [-0.39, 0.29) is 56.8 Å². The van der Waals surface area contributed by atoms with Crippen LogP contribution in [0.4, 0.5) is 12.9 Å². The molecule has 0 aromatic heterocycles. The molecule has 2 aliphatic carbocycles. The molecule has 0 radical (unpaired) electrons. The van der Waals surface area contributed by atoms with E-state index in [0.29, 0.717) is 12.8 Å². The molecule has 0 heterocycles. The van der Waals surface area contributed by atoms with Crippen LogP contribution in [0.5, 0.6) is 0 Å². The zero-order valence-electron chi connectivity index (χ0n) is 6.62. The van der Waals surface area contributed by atoms with Crippen LogP contribution in [0.25, 0.3) is 0 Å². The van der Waals surface area contributed by atoms with Gasteiger partial charge in [-0.1, -0.05) is 18.7 Å². The van der Waals surface area contributed by atoms with E-state index in [9.17, 15) is 12.9 Å². The standard InChI is InChI=1S/C6H9BF3.K/c8-7(9,10)5-3-6(4-5)1-2-6;/h5H,1-4H2;/q-1;+1. The molecule has 2 fully saturated rings. The first-order valence-corrected chi connectivity index (χ1v) is 3.72. The van der Waals surface area contributed by atoms with Gasteiger partial charge in [0.15, 0.2) is 0 Å². The third-order valence-electron chi connectivity index (χ3n) is 2.88. The van der Waals surface area contributed by atoms with Gasteiger partial charge in [-0.05, 0) is 18.3 Å². The van der Waals surface area contributed by atoms with Crippen molar-refractivity contribution in [2.24, 2.45) is 5.41 Å². The average Bonchev–Trinajstić information content (AvgIpc) is 2.32. The van der Waals surface area contributed by atoms with Gasteiger partial charge in [-0.3, -0.25) is 0 Å². The number of halogens is 3. The van der Waals surface area contributed by atoms with Crippen LogP contribution >= 0.6 is 0 Å². The third kappa shape index (κ3) is 2.05. The summed E-state index contributed by atoms with van der Waals surface area (Å²) in [6.07, 6.45) is 2.98. The molecule has 0 aliphatic heterocycles. The smallest absolute Gasteiger partial charge is 0.449 e. The van der Waals surface area contributed by atoms with Crippen LogP contribution in [0.1, 0.15) is 25.7 Å². The van der Waals surface area contributed by atoms with Crippen LogP contribution in [-0.2, 0) is 0 Å². The van der Waals surface area contributed by atoms with Gasteiger partial charge >= 0.3 is 58.4 Å². The van der Waals surface area contributed by atoms with Crippen molar-refractivity contribution in [2.45, 2.75) is 31.5 Å². The summed E-state index contributed by atoms with van der Waals surface area (Å²) in [5.41, 5.74) is 0.196. The summed E-state index contributed by atoms with van der Waals surface area (Å²) >= 11 is 0. The Morgan fingerprint density at radius 1 is 1.09 bits per heavy atom. The monoisotopic (exact) mass is 188 g/mol. The van der Waals surface area contributed by atoms with Crippen molar-refractivity contribution in [3.05, 3.63) is 0 Å². The van der Waals surface area contributed by atoms with E-state index in [2.05, 4.69) is 0 Å². The van der Waals surface area contributed by atoms with Crippen molar-refractivity contribution >= 4 is 6.98 Å². The minimum Gasteiger partial charge on any atom is -0.449 e. The molecule has 0 aromatic rings. The Bertz CT molecular complexity index is 156. The third-order valence-corrected chi connectivity index (χ3v) is 2.88.